The van der Waals surface area contributed by atoms with Crippen LogP contribution in [-0.4, -0.2) is 114 Å². The van der Waals surface area contributed by atoms with Crippen LogP contribution in [0.25, 0.3) is 43.4 Å². The van der Waals surface area contributed by atoms with Gasteiger partial charge in [0.05, 0.1) is 48.8 Å². The number of fused-ring (bicyclic) bond motifs is 14. The van der Waals surface area contributed by atoms with Crippen LogP contribution in [0.1, 0.15) is 119 Å². The van der Waals surface area contributed by atoms with Crippen LogP contribution in [0.5, 0.6) is 0 Å². The maximum atomic E-state index is 14.3. The largest absolute Gasteiger partial charge is 0.481 e. The first kappa shape index (κ1) is 58.8. The molecule has 426 valence electrons. The third-order valence-electron chi connectivity index (χ3n) is 12.2. The molecule has 0 radical (unpaired) electrons. The van der Waals surface area contributed by atoms with E-state index in [0.29, 0.717) is 68.7 Å². The minimum absolute atomic E-state index is 0.00334. The molecule has 82 heavy (non-hydrogen) atoms. The van der Waals surface area contributed by atoms with Crippen molar-refractivity contribution in [2.45, 2.75) is 70.9 Å². The number of nitrogens with zero attached hydrogens (tertiary/aromatic N) is 7. The number of aryl methyl sites for hydroxylation is 1. The highest BCUT2D eigenvalue weighted by Crippen LogP contribution is 2.40. The van der Waals surface area contributed by atoms with Gasteiger partial charge in [-0.1, -0.05) is 44.2 Å². The summed E-state index contributed by atoms with van der Waals surface area (Å²) in [6, 6.07) is 9.35. The van der Waals surface area contributed by atoms with Gasteiger partial charge in [-0.3, -0.25) is 34.1 Å². The fourth-order valence-electron chi connectivity index (χ4n) is 8.17. The molecule has 0 saturated carbocycles. The molecule has 7 aromatic heterocycles. The molecule has 8 N–H and O–H groups in total. The van der Waals surface area contributed by atoms with Gasteiger partial charge in [-0.2, -0.15) is 0 Å². The Morgan fingerprint density at radius 3 is 2.20 bits per heavy atom. The number of thiazole rings is 6. The smallest absolute Gasteiger partial charge is 0.412 e. The summed E-state index contributed by atoms with van der Waals surface area (Å²) in [5, 5.41) is 46.3. The topological polar surface area (TPSA) is 341 Å². The van der Waals surface area contributed by atoms with Crippen molar-refractivity contribution in [2.24, 2.45) is 5.92 Å². The molecule has 8 heterocycles. The zero-order valence-corrected chi connectivity index (χ0v) is 49.0. The van der Waals surface area contributed by atoms with Crippen molar-refractivity contribution in [1.82, 2.24) is 61.5 Å². The quantitative estimate of drug-likeness (QED) is 0.0512. The third kappa shape index (κ3) is 13.9. The molecule has 30 heteroatoms. The zero-order valence-electron chi connectivity index (χ0n) is 44.1. The van der Waals surface area contributed by atoms with E-state index in [0.717, 1.165) is 34.0 Å². The zero-order chi connectivity index (χ0) is 58.2. The van der Waals surface area contributed by atoms with Crippen LogP contribution in [0.15, 0.2) is 64.0 Å². The molecule has 6 amide bonds. The van der Waals surface area contributed by atoms with E-state index in [-0.39, 0.29) is 66.3 Å². The molecule has 1 aromatic carbocycles. The van der Waals surface area contributed by atoms with Crippen molar-refractivity contribution in [1.29, 1.82) is 0 Å². The third-order valence-corrected chi connectivity index (χ3v) is 18.0. The van der Waals surface area contributed by atoms with Gasteiger partial charge < -0.3 is 46.3 Å². The summed E-state index contributed by atoms with van der Waals surface area (Å²) in [6.45, 7) is 4.82. The number of carbonyl (C=O) groups excluding carboxylic acids is 6. The van der Waals surface area contributed by atoms with Crippen molar-refractivity contribution in [3.63, 3.8) is 0 Å². The molecule has 0 unspecified atom stereocenters. The summed E-state index contributed by atoms with van der Waals surface area (Å²) in [5.41, 5.74) is 2.53. The summed E-state index contributed by atoms with van der Waals surface area (Å²) in [6.07, 6.45) is -2.36. The number of anilines is 1. The van der Waals surface area contributed by atoms with Gasteiger partial charge in [0.25, 0.3) is 17.7 Å². The SMILES string of the molecule is CNC(=O)C[C@@H]1NC(=O)c2csc(n2)-c2ccc(-c3nc(NC(=O)OCCCC(=O)O)cs3)nc2-c2csc(n2)-c2csc(n2)[C@H]([C@@H](O)c2ccccc2)NC(=O)CNC(=O)c2nc(sc2COC)[C@@H](C(C)C)NC(=O)c2nc1sc2C. The van der Waals surface area contributed by atoms with Crippen LogP contribution in [0.2, 0.25) is 0 Å². The Hall–Kier alpha value is -7.84. The van der Waals surface area contributed by atoms with Crippen molar-refractivity contribution in [3.8, 4) is 43.4 Å². The lowest BCUT2D eigenvalue weighted by atomic mass is 10.0. The molecule has 1 aliphatic rings. The fraction of sp³-hybridized carbons (Fsp3) is 0.308. The highest BCUT2D eigenvalue weighted by molar-refractivity contribution is 7.15. The van der Waals surface area contributed by atoms with Crippen LogP contribution in [0.4, 0.5) is 10.6 Å². The lowest BCUT2D eigenvalue weighted by molar-refractivity contribution is -0.137. The van der Waals surface area contributed by atoms with E-state index in [2.05, 4.69) is 46.9 Å². The molecule has 1 aliphatic heterocycles. The first-order chi connectivity index (χ1) is 39.5. The number of hydrogen-bond donors (Lipinski definition) is 8. The van der Waals surface area contributed by atoms with E-state index in [1.807, 2.05) is 13.8 Å². The number of pyridine rings is 1. The van der Waals surface area contributed by atoms with E-state index in [9.17, 15) is 38.7 Å². The number of aliphatic hydroxyl groups is 1. The minimum atomic E-state index is -1.29. The Bertz CT molecular complexity index is 3670. The Morgan fingerprint density at radius 2 is 1.44 bits per heavy atom. The number of aliphatic hydroxyl groups excluding tert-OH is 1. The molecule has 10 bridgehead atoms. The number of hydrogen-bond acceptors (Lipinski definition) is 23. The first-order valence-electron chi connectivity index (χ1n) is 25.1. The fourth-order valence-corrected chi connectivity index (χ4v) is 13.7. The van der Waals surface area contributed by atoms with Crippen LogP contribution in [-0.2, 0) is 30.5 Å². The Labute approximate surface area is 491 Å². The maximum absolute atomic E-state index is 14.3. The summed E-state index contributed by atoms with van der Waals surface area (Å²) < 4.78 is 10.6. The number of methoxy groups -OCH3 is 1. The van der Waals surface area contributed by atoms with Gasteiger partial charge in [0.2, 0.25) is 11.8 Å². The van der Waals surface area contributed by atoms with Crippen molar-refractivity contribution in [2.75, 3.05) is 32.6 Å². The summed E-state index contributed by atoms with van der Waals surface area (Å²) in [5.74, 6) is -4.03. The maximum Gasteiger partial charge on any atom is 0.412 e. The number of rotatable bonds is 13. The van der Waals surface area contributed by atoms with Gasteiger partial charge in [0, 0.05) is 52.5 Å². The van der Waals surface area contributed by atoms with Crippen LogP contribution >= 0.6 is 68.0 Å². The van der Waals surface area contributed by atoms with Crippen LogP contribution < -0.4 is 31.9 Å². The van der Waals surface area contributed by atoms with E-state index in [1.165, 1.54) is 48.2 Å². The van der Waals surface area contributed by atoms with Gasteiger partial charge in [-0.25, -0.2) is 39.7 Å². The lowest BCUT2D eigenvalue weighted by Crippen LogP contribution is -2.40. The standard InChI is InChI=1S/C52H51N13O11S6/c1-23(2)37-51-65-40(32(82-51)18-75-5)44(72)54-17-35(67)62-41(42(70)25-10-7-6-8-11-25)50-59-31(21-79-50)48-57-29(19-78-48)39-26(13-14-27(55-39)47-60-33(22-80-47)61-52(74)76-15-9-12-36(68)69)46-58-30(20-77-46)43(71)56-28(16-34(66)53-4)49-64-38(24(3)81-49)45(73)63-37/h6-8,10-11,13-14,19-23,28,37,41-42,70H,9,12,15-18H2,1-5H3,(H,53,66)(H,54,72)(H,56,71)(H,61,74)(H,62,67)(H,63,73)(H,68,69)/t28-,37+,41-,42-/m0/s1. The summed E-state index contributed by atoms with van der Waals surface area (Å²) >= 11 is 7.05. The highest BCUT2D eigenvalue weighted by atomic mass is 32.1. The van der Waals surface area contributed by atoms with Crippen LogP contribution in [0.3, 0.4) is 0 Å². The second kappa shape index (κ2) is 26.4. The minimum Gasteiger partial charge on any atom is -0.481 e. The Morgan fingerprint density at radius 1 is 0.720 bits per heavy atom. The number of aliphatic carboxylic acids is 1. The molecular formula is C52H51N13O11S6. The van der Waals surface area contributed by atoms with E-state index in [4.69, 9.17) is 34.5 Å². The number of carboxylic acids is 1. The van der Waals surface area contributed by atoms with Gasteiger partial charge in [0.15, 0.2) is 0 Å². The first-order valence-corrected chi connectivity index (χ1v) is 30.2. The van der Waals surface area contributed by atoms with Crippen LogP contribution in [0, 0.1) is 12.8 Å². The Balaban J connectivity index is 1.11. The molecule has 24 nitrogen and oxygen atoms in total. The number of carboxylic acid groups (broad SMARTS) is 1. The second-order valence-corrected chi connectivity index (χ2v) is 24.2. The molecular weight excluding hydrogens is 1180 g/mol. The van der Waals surface area contributed by atoms with Crippen molar-refractivity contribution < 1.29 is 53.2 Å². The summed E-state index contributed by atoms with van der Waals surface area (Å²) in [4.78, 5) is 127. The van der Waals surface area contributed by atoms with Gasteiger partial charge >= 0.3 is 12.1 Å². The van der Waals surface area contributed by atoms with E-state index >= 15 is 0 Å². The number of ether oxygens (including phenoxy) is 2. The molecule has 0 spiro atoms. The monoisotopic (exact) mass is 1230 g/mol. The molecule has 0 fully saturated rings. The van der Waals surface area contributed by atoms with Crippen molar-refractivity contribution in [3.05, 3.63) is 111 Å². The lowest BCUT2D eigenvalue weighted by Gasteiger charge is -2.23. The van der Waals surface area contributed by atoms with Gasteiger partial charge in [0.1, 0.15) is 82.2 Å². The number of aromatic nitrogens is 7. The molecule has 9 rings (SSSR count). The molecule has 0 saturated heterocycles. The average molecular weight is 1230 g/mol. The molecule has 8 aromatic rings. The number of amides is 6. The molecule has 4 atom stereocenters. The second-order valence-electron chi connectivity index (χ2n) is 18.4. The van der Waals surface area contributed by atoms with Gasteiger partial charge in [-0.15, -0.1) is 68.0 Å². The predicted octanol–water partition coefficient (Wildman–Crippen LogP) is 7.73. The van der Waals surface area contributed by atoms with E-state index < -0.39 is 72.4 Å². The predicted molar refractivity (Wildman–Crippen MR) is 309 cm³/mol. The summed E-state index contributed by atoms with van der Waals surface area (Å²) in [7, 11) is 2.93. The van der Waals surface area contributed by atoms with Gasteiger partial charge in [-0.05, 0) is 37.0 Å². The van der Waals surface area contributed by atoms with Crippen molar-refractivity contribution >= 4 is 115 Å². The van der Waals surface area contributed by atoms with E-state index in [1.54, 1.807) is 70.9 Å². The Kier molecular flexibility index (Phi) is 18.9. The number of nitrogens with one attached hydrogen (secondary N) is 6. The highest BCUT2D eigenvalue weighted by Gasteiger charge is 2.33. The number of carbonyl (C=O) groups is 7. The number of benzene rings is 1. The normalized spacial score (nSPS) is 16.3. The molecule has 0 aliphatic carbocycles. The average Bonchev–Trinajstić information content (AvgIpc) is 4.45.